The predicted octanol–water partition coefficient (Wildman–Crippen LogP) is 2.64. The van der Waals surface area contributed by atoms with E-state index in [1.54, 1.807) is 7.11 Å². The molecule has 124 valence electrons. The van der Waals surface area contributed by atoms with Crippen molar-refractivity contribution < 1.29 is 9.53 Å². The lowest BCUT2D eigenvalue weighted by Crippen LogP contribution is -2.41. The molecule has 1 unspecified atom stereocenters. The smallest absolute Gasteiger partial charge is 0.270 e. The molecule has 2 aromatic rings. The van der Waals surface area contributed by atoms with Crippen molar-refractivity contribution in [3.8, 4) is 5.75 Å². The molecule has 3 rings (SSSR count). The maximum atomic E-state index is 12.8. The fourth-order valence-corrected chi connectivity index (χ4v) is 3.27. The van der Waals surface area contributed by atoms with Crippen molar-refractivity contribution in [3.05, 3.63) is 30.0 Å². The van der Waals surface area contributed by atoms with Gasteiger partial charge in [-0.1, -0.05) is 0 Å². The molecule has 1 atom stereocenters. The van der Waals surface area contributed by atoms with Gasteiger partial charge in [-0.3, -0.25) is 4.79 Å². The van der Waals surface area contributed by atoms with Gasteiger partial charge < -0.3 is 19.9 Å². The second kappa shape index (κ2) is 7.04. The number of aromatic amines is 1. The zero-order valence-electron chi connectivity index (χ0n) is 13.9. The molecule has 0 spiro atoms. The van der Waals surface area contributed by atoms with Crippen LogP contribution in [0.3, 0.4) is 0 Å². The molecular weight excluding hydrogens is 290 g/mol. The van der Waals surface area contributed by atoms with Crippen LogP contribution in [0.1, 0.15) is 30.3 Å². The molecule has 0 radical (unpaired) electrons. The summed E-state index contributed by atoms with van der Waals surface area (Å²) in [6.45, 7) is 5.70. The zero-order chi connectivity index (χ0) is 16.2. The standard InChI is InChI=1S/C18H25N3O2/c1-3-21(12-13-5-4-8-19-11-13)18(22)17-9-14-6-7-15(23-2)10-16(14)20-17/h6-7,9-10,13,19-20H,3-5,8,11-12H2,1-2H3. The number of H-pyrrole nitrogens is 1. The van der Waals surface area contributed by atoms with Gasteiger partial charge in [-0.15, -0.1) is 0 Å². The predicted molar refractivity (Wildman–Crippen MR) is 92.0 cm³/mol. The van der Waals surface area contributed by atoms with Gasteiger partial charge in [0.15, 0.2) is 0 Å². The summed E-state index contributed by atoms with van der Waals surface area (Å²) in [6.07, 6.45) is 2.39. The highest BCUT2D eigenvalue weighted by atomic mass is 16.5. The zero-order valence-corrected chi connectivity index (χ0v) is 13.9. The lowest BCUT2D eigenvalue weighted by molar-refractivity contribution is 0.0724. The number of fused-ring (bicyclic) bond motifs is 1. The van der Waals surface area contributed by atoms with E-state index in [0.29, 0.717) is 11.6 Å². The molecule has 1 fully saturated rings. The number of nitrogens with one attached hydrogen (secondary N) is 2. The minimum Gasteiger partial charge on any atom is -0.497 e. The molecule has 2 heterocycles. The highest BCUT2D eigenvalue weighted by molar-refractivity contribution is 5.98. The van der Waals surface area contributed by atoms with E-state index >= 15 is 0 Å². The number of piperidine rings is 1. The molecule has 1 aromatic heterocycles. The van der Waals surface area contributed by atoms with Gasteiger partial charge in [0.1, 0.15) is 11.4 Å². The fourth-order valence-electron chi connectivity index (χ4n) is 3.27. The first-order chi connectivity index (χ1) is 11.2. The van der Waals surface area contributed by atoms with E-state index in [1.807, 2.05) is 36.1 Å². The number of nitrogens with zero attached hydrogens (tertiary/aromatic N) is 1. The van der Waals surface area contributed by atoms with E-state index in [1.165, 1.54) is 12.8 Å². The Labute approximate surface area is 137 Å². The monoisotopic (exact) mass is 315 g/mol. The topological polar surface area (TPSA) is 57.4 Å². The summed E-state index contributed by atoms with van der Waals surface area (Å²) in [4.78, 5) is 18.0. The number of rotatable bonds is 5. The Morgan fingerprint density at radius 3 is 2.96 bits per heavy atom. The Kier molecular flexibility index (Phi) is 4.86. The first-order valence-corrected chi connectivity index (χ1v) is 8.38. The van der Waals surface area contributed by atoms with Gasteiger partial charge in [-0.2, -0.15) is 0 Å². The van der Waals surface area contributed by atoms with Crippen molar-refractivity contribution in [1.82, 2.24) is 15.2 Å². The highest BCUT2D eigenvalue weighted by Crippen LogP contribution is 2.22. The summed E-state index contributed by atoms with van der Waals surface area (Å²) in [5.41, 5.74) is 1.59. The molecule has 1 aromatic carbocycles. The van der Waals surface area contributed by atoms with Crippen molar-refractivity contribution in [3.63, 3.8) is 0 Å². The summed E-state index contributed by atoms with van der Waals surface area (Å²) in [5.74, 6) is 1.42. The Bertz CT molecular complexity index is 674. The van der Waals surface area contributed by atoms with Gasteiger partial charge in [0.25, 0.3) is 5.91 Å². The van der Waals surface area contributed by atoms with Crippen LogP contribution >= 0.6 is 0 Å². The van der Waals surface area contributed by atoms with Crippen LogP contribution in [-0.4, -0.2) is 49.1 Å². The third kappa shape index (κ3) is 3.50. The maximum Gasteiger partial charge on any atom is 0.270 e. The van der Waals surface area contributed by atoms with Crippen molar-refractivity contribution in [2.45, 2.75) is 19.8 Å². The Morgan fingerprint density at radius 1 is 1.39 bits per heavy atom. The molecule has 0 bridgehead atoms. The van der Waals surface area contributed by atoms with E-state index in [4.69, 9.17) is 4.74 Å². The van der Waals surface area contributed by atoms with Crippen molar-refractivity contribution in [2.24, 2.45) is 5.92 Å². The average molecular weight is 315 g/mol. The van der Waals surface area contributed by atoms with E-state index in [-0.39, 0.29) is 5.91 Å². The molecule has 2 N–H and O–H groups in total. The number of methoxy groups -OCH3 is 1. The van der Waals surface area contributed by atoms with Gasteiger partial charge in [-0.25, -0.2) is 0 Å². The molecule has 1 amide bonds. The lowest BCUT2D eigenvalue weighted by atomic mass is 9.99. The number of hydrogen-bond donors (Lipinski definition) is 2. The quantitative estimate of drug-likeness (QED) is 0.892. The SMILES string of the molecule is CCN(CC1CCCNC1)C(=O)c1cc2ccc(OC)cc2[nH]1. The number of carbonyl (C=O) groups is 1. The summed E-state index contributed by atoms with van der Waals surface area (Å²) < 4.78 is 5.24. The van der Waals surface area contributed by atoms with E-state index in [2.05, 4.69) is 10.3 Å². The minimum absolute atomic E-state index is 0.0771. The highest BCUT2D eigenvalue weighted by Gasteiger charge is 2.21. The lowest BCUT2D eigenvalue weighted by Gasteiger charge is -2.29. The summed E-state index contributed by atoms with van der Waals surface area (Å²) in [5, 5.41) is 4.45. The molecule has 5 heteroatoms. The normalized spacial score (nSPS) is 18.1. The summed E-state index contributed by atoms with van der Waals surface area (Å²) in [6, 6.07) is 7.74. The summed E-state index contributed by atoms with van der Waals surface area (Å²) in [7, 11) is 1.65. The van der Waals surface area contributed by atoms with Gasteiger partial charge in [-0.05, 0) is 57.0 Å². The molecule has 1 aliphatic heterocycles. The van der Waals surface area contributed by atoms with Crippen LogP contribution < -0.4 is 10.1 Å². The average Bonchev–Trinajstić information content (AvgIpc) is 3.03. The van der Waals surface area contributed by atoms with E-state index in [9.17, 15) is 4.79 Å². The van der Waals surface area contributed by atoms with Crippen LogP contribution in [0.15, 0.2) is 24.3 Å². The number of benzene rings is 1. The maximum absolute atomic E-state index is 12.8. The number of carbonyl (C=O) groups excluding carboxylic acids is 1. The molecule has 5 nitrogen and oxygen atoms in total. The van der Waals surface area contributed by atoms with E-state index < -0.39 is 0 Å². The van der Waals surface area contributed by atoms with Crippen LogP contribution in [0.25, 0.3) is 10.9 Å². The first-order valence-electron chi connectivity index (χ1n) is 8.38. The van der Waals surface area contributed by atoms with Gasteiger partial charge in [0.05, 0.1) is 7.11 Å². The second-order valence-electron chi connectivity index (χ2n) is 6.19. The largest absolute Gasteiger partial charge is 0.497 e. The van der Waals surface area contributed by atoms with Gasteiger partial charge in [0, 0.05) is 30.1 Å². The Morgan fingerprint density at radius 2 is 2.26 bits per heavy atom. The molecule has 1 aliphatic rings. The van der Waals surface area contributed by atoms with Crippen LogP contribution in [0.2, 0.25) is 0 Å². The van der Waals surface area contributed by atoms with Crippen LogP contribution in [0, 0.1) is 5.92 Å². The first kappa shape index (κ1) is 15.9. The number of aromatic nitrogens is 1. The number of hydrogen-bond acceptors (Lipinski definition) is 3. The molecular formula is C18H25N3O2. The Hall–Kier alpha value is -2.01. The van der Waals surface area contributed by atoms with Crippen molar-refractivity contribution in [1.29, 1.82) is 0 Å². The van der Waals surface area contributed by atoms with Crippen molar-refractivity contribution in [2.75, 3.05) is 33.3 Å². The third-order valence-corrected chi connectivity index (χ3v) is 4.61. The van der Waals surface area contributed by atoms with Crippen LogP contribution in [0.5, 0.6) is 5.75 Å². The van der Waals surface area contributed by atoms with Crippen LogP contribution in [-0.2, 0) is 0 Å². The van der Waals surface area contributed by atoms with E-state index in [0.717, 1.165) is 42.8 Å². The fraction of sp³-hybridized carbons (Fsp3) is 0.500. The number of amides is 1. The second-order valence-corrected chi connectivity index (χ2v) is 6.19. The van der Waals surface area contributed by atoms with Gasteiger partial charge >= 0.3 is 0 Å². The minimum atomic E-state index is 0.0771. The third-order valence-electron chi connectivity index (χ3n) is 4.61. The van der Waals surface area contributed by atoms with Crippen molar-refractivity contribution >= 4 is 16.8 Å². The Balaban J connectivity index is 1.76. The molecule has 0 aliphatic carbocycles. The van der Waals surface area contributed by atoms with Crippen LogP contribution in [0.4, 0.5) is 0 Å². The molecule has 0 saturated carbocycles. The summed E-state index contributed by atoms with van der Waals surface area (Å²) >= 11 is 0. The number of ether oxygens (including phenoxy) is 1. The molecule has 1 saturated heterocycles. The van der Waals surface area contributed by atoms with Gasteiger partial charge in [0.2, 0.25) is 0 Å². The molecule has 23 heavy (non-hydrogen) atoms.